The highest BCUT2D eigenvalue weighted by Crippen LogP contribution is 2.27. The lowest BCUT2D eigenvalue weighted by molar-refractivity contribution is -0.123. The molecule has 0 radical (unpaired) electrons. The van der Waals surface area contributed by atoms with Crippen molar-refractivity contribution in [3.8, 4) is 0 Å². The molecule has 4 N–H and O–H groups in total. The summed E-state index contributed by atoms with van der Waals surface area (Å²) < 4.78 is 27.4. The van der Waals surface area contributed by atoms with E-state index in [0.717, 1.165) is 6.07 Å². The molecule has 1 aliphatic heterocycles. The predicted octanol–water partition coefficient (Wildman–Crippen LogP) is 1.24. The summed E-state index contributed by atoms with van der Waals surface area (Å²) in [6, 6.07) is 10.3. The number of imide groups is 1. The number of rotatable bonds is 5. The molecule has 140 valence electrons. The van der Waals surface area contributed by atoms with Crippen LogP contribution in [0.3, 0.4) is 0 Å². The number of amides is 3. The van der Waals surface area contributed by atoms with Crippen LogP contribution in [-0.4, -0.2) is 31.4 Å². The molecule has 0 aromatic heterocycles. The van der Waals surface area contributed by atoms with Crippen LogP contribution in [0.5, 0.6) is 0 Å². The van der Waals surface area contributed by atoms with Gasteiger partial charge in [-0.15, -0.1) is 0 Å². The molecule has 2 aromatic carbocycles. The van der Waals surface area contributed by atoms with Gasteiger partial charge >= 0.3 is 12.0 Å². The van der Waals surface area contributed by atoms with Crippen LogP contribution in [0.1, 0.15) is 22.8 Å². The average molecular weight is 389 g/mol. The van der Waals surface area contributed by atoms with Gasteiger partial charge in [-0.25, -0.2) is 18.0 Å². The molecule has 0 saturated carbocycles. The van der Waals surface area contributed by atoms with Gasteiger partial charge in [0.1, 0.15) is 5.54 Å². The molecule has 9 nitrogen and oxygen atoms in total. The monoisotopic (exact) mass is 389 g/mol. The van der Waals surface area contributed by atoms with E-state index < -0.39 is 33.5 Å². The molecule has 3 amide bonds. The number of hydrogen-bond donors (Lipinski definition) is 4. The van der Waals surface area contributed by atoms with Crippen LogP contribution in [0.25, 0.3) is 0 Å². The fourth-order valence-electron chi connectivity index (χ4n) is 2.65. The second kappa shape index (κ2) is 6.40. The van der Waals surface area contributed by atoms with E-state index in [1.165, 1.54) is 43.3 Å². The topological polar surface area (TPSA) is 142 Å². The van der Waals surface area contributed by atoms with Gasteiger partial charge in [0.05, 0.1) is 10.5 Å². The summed E-state index contributed by atoms with van der Waals surface area (Å²) in [4.78, 5) is 34.3. The van der Waals surface area contributed by atoms with E-state index in [1.54, 1.807) is 6.07 Å². The summed E-state index contributed by atoms with van der Waals surface area (Å²) in [5.41, 5.74) is -0.958. The lowest BCUT2D eigenvalue weighted by Crippen LogP contribution is -2.40. The van der Waals surface area contributed by atoms with Crippen LogP contribution in [0.2, 0.25) is 0 Å². The molecular formula is C17H15N3O6S. The Morgan fingerprint density at radius 1 is 1.11 bits per heavy atom. The summed E-state index contributed by atoms with van der Waals surface area (Å²) in [7, 11) is -4.05. The van der Waals surface area contributed by atoms with Crippen molar-refractivity contribution in [2.45, 2.75) is 17.4 Å². The Morgan fingerprint density at radius 2 is 1.81 bits per heavy atom. The van der Waals surface area contributed by atoms with Gasteiger partial charge in [-0.05, 0) is 42.8 Å². The SMILES string of the molecule is C[C@]1(c2cccc(NS(=O)(=O)c3cccc(C(=O)O)c3)c2)NC(=O)NC1=O. The largest absolute Gasteiger partial charge is 0.478 e. The molecule has 2 aromatic rings. The fraction of sp³-hybridized carbons (Fsp3) is 0.118. The minimum absolute atomic E-state index is 0.156. The van der Waals surface area contributed by atoms with Crippen LogP contribution in [0.4, 0.5) is 10.5 Å². The van der Waals surface area contributed by atoms with Crippen molar-refractivity contribution >= 4 is 33.6 Å². The molecule has 1 fully saturated rings. The number of carbonyl (C=O) groups is 3. The number of benzene rings is 2. The van der Waals surface area contributed by atoms with Gasteiger partial charge in [-0.3, -0.25) is 14.8 Å². The molecule has 1 saturated heterocycles. The van der Waals surface area contributed by atoms with Crippen LogP contribution in [0.15, 0.2) is 53.4 Å². The smallest absolute Gasteiger partial charge is 0.335 e. The van der Waals surface area contributed by atoms with Gasteiger partial charge in [0.15, 0.2) is 0 Å². The number of hydrogen-bond acceptors (Lipinski definition) is 5. The minimum atomic E-state index is -4.05. The third kappa shape index (κ3) is 3.47. The van der Waals surface area contributed by atoms with Gasteiger partial charge in [0.2, 0.25) is 0 Å². The van der Waals surface area contributed by atoms with E-state index in [1.807, 2.05) is 0 Å². The van der Waals surface area contributed by atoms with Gasteiger partial charge in [0.25, 0.3) is 15.9 Å². The van der Waals surface area contributed by atoms with Gasteiger partial charge in [0, 0.05) is 5.69 Å². The van der Waals surface area contributed by atoms with E-state index in [9.17, 15) is 22.8 Å². The molecular weight excluding hydrogens is 374 g/mol. The first-order chi connectivity index (χ1) is 12.6. The van der Waals surface area contributed by atoms with Crippen LogP contribution in [0, 0.1) is 0 Å². The number of carboxylic acid groups (broad SMARTS) is 1. The van der Waals surface area contributed by atoms with E-state index in [2.05, 4.69) is 15.4 Å². The first kappa shape index (κ1) is 18.4. The number of anilines is 1. The molecule has 0 bridgehead atoms. The van der Waals surface area contributed by atoms with Crippen molar-refractivity contribution in [2.75, 3.05) is 4.72 Å². The molecule has 0 unspecified atom stereocenters. The van der Waals surface area contributed by atoms with E-state index in [-0.39, 0.29) is 16.1 Å². The summed E-state index contributed by atoms with van der Waals surface area (Å²) >= 11 is 0. The number of carbonyl (C=O) groups excluding carboxylic acids is 2. The number of aromatic carboxylic acids is 1. The first-order valence-electron chi connectivity index (χ1n) is 7.72. The third-order valence-corrected chi connectivity index (χ3v) is 5.51. The second-order valence-electron chi connectivity index (χ2n) is 6.05. The highest BCUT2D eigenvalue weighted by molar-refractivity contribution is 7.92. The maximum atomic E-state index is 12.6. The van der Waals surface area contributed by atoms with Crippen LogP contribution < -0.4 is 15.4 Å². The molecule has 10 heteroatoms. The molecule has 0 spiro atoms. The molecule has 27 heavy (non-hydrogen) atoms. The van der Waals surface area contributed by atoms with E-state index in [0.29, 0.717) is 5.56 Å². The van der Waals surface area contributed by atoms with Crippen LogP contribution in [-0.2, 0) is 20.4 Å². The number of urea groups is 1. The highest BCUT2D eigenvalue weighted by atomic mass is 32.2. The summed E-state index contributed by atoms with van der Waals surface area (Å²) in [5.74, 6) is -1.80. The number of nitrogens with one attached hydrogen (secondary N) is 3. The van der Waals surface area contributed by atoms with Crippen molar-refractivity contribution in [3.63, 3.8) is 0 Å². The quantitative estimate of drug-likeness (QED) is 0.567. The van der Waals surface area contributed by atoms with Gasteiger partial charge < -0.3 is 10.4 Å². The maximum Gasteiger partial charge on any atom is 0.335 e. The maximum absolute atomic E-state index is 12.6. The Morgan fingerprint density at radius 3 is 2.44 bits per heavy atom. The lowest BCUT2D eigenvalue weighted by atomic mass is 9.92. The Balaban J connectivity index is 1.92. The zero-order valence-electron chi connectivity index (χ0n) is 14.0. The molecule has 1 aliphatic rings. The Kier molecular flexibility index (Phi) is 4.36. The van der Waals surface area contributed by atoms with Crippen molar-refractivity contribution in [1.29, 1.82) is 0 Å². The third-order valence-electron chi connectivity index (χ3n) is 4.13. The Bertz CT molecular complexity index is 1070. The van der Waals surface area contributed by atoms with Crippen molar-refractivity contribution < 1.29 is 27.9 Å². The van der Waals surface area contributed by atoms with Crippen LogP contribution >= 0.6 is 0 Å². The zero-order valence-corrected chi connectivity index (χ0v) is 14.8. The molecule has 1 heterocycles. The highest BCUT2D eigenvalue weighted by Gasteiger charge is 2.43. The fourth-order valence-corrected chi connectivity index (χ4v) is 3.75. The van der Waals surface area contributed by atoms with Gasteiger partial charge in [-0.2, -0.15) is 0 Å². The number of sulfonamides is 1. The summed E-state index contributed by atoms with van der Waals surface area (Å²) in [6.45, 7) is 1.50. The summed E-state index contributed by atoms with van der Waals surface area (Å²) in [6.07, 6.45) is 0. The minimum Gasteiger partial charge on any atom is -0.478 e. The molecule has 1 atom stereocenters. The second-order valence-corrected chi connectivity index (χ2v) is 7.73. The van der Waals surface area contributed by atoms with Crippen molar-refractivity contribution in [1.82, 2.24) is 10.6 Å². The zero-order chi connectivity index (χ0) is 19.8. The van der Waals surface area contributed by atoms with E-state index in [4.69, 9.17) is 5.11 Å². The van der Waals surface area contributed by atoms with Crippen molar-refractivity contribution in [2.24, 2.45) is 0 Å². The predicted molar refractivity (Wildman–Crippen MR) is 94.7 cm³/mol. The normalized spacial score (nSPS) is 19.3. The standard InChI is InChI=1S/C17H15N3O6S/c1-17(15(23)18-16(24)19-17)11-5-3-6-12(9-11)20-27(25,26)13-7-2-4-10(8-13)14(21)22/h2-9,20H,1H3,(H,21,22)(H2,18,19,23,24)/t17-/m1/s1. The molecule has 0 aliphatic carbocycles. The first-order valence-corrected chi connectivity index (χ1v) is 9.20. The van der Waals surface area contributed by atoms with Gasteiger partial charge in [-0.1, -0.05) is 18.2 Å². The van der Waals surface area contributed by atoms with E-state index >= 15 is 0 Å². The lowest BCUT2D eigenvalue weighted by Gasteiger charge is -2.21. The van der Waals surface area contributed by atoms with Crippen molar-refractivity contribution in [3.05, 3.63) is 59.7 Å². The molecule has 3 rings (SSSR count). The Labute approximate surface area is 154 Å². The Hall–Kier alpha value is -3.40. The summed E-state index contributed by atoms with van der Waals surface area (Å²) in [5, 5.41) is 13.6. The number of carboxylic acids is 1. The average Bonchev–Trinajstić information content (AvgIpc) is 2.88.